The maximum absolute atomic E-state index is 12.8. The highest BCUT2D eigenvalue weighted by atomic mass is 32.2. The Bertz CT molecular complexity index is 833. The lowest BCUT2D eigenvalue weighted by atomic mass is 10.1. The molecular weight excluding hydrogens is 424 g/mol. The quantitative estimate of drug-likeness (QED) is 0.393. The third kappa shape index (κ3) is 5.87. The van der Waals surface area contributed by atoms with E-state index in [1.807, 2.05) is 16.7 Å². The van der Waals surface area contributed by atoms with Crippen molar-refractivity contribution in [3.63, 3.8) is 0 Å². The van der Waals surface area contributed by atoms with Crippen molar-refractivity contribution in [3.8, 4) is 0 Å². The fraction of sp³-hybridized carbons (Fsp3) is 0.700. The van der Waals surface area contributed by atoms with Crippen LogP contribution in [0.4, 0.5) is 11.4 Å². The molecule has 0 amide bonds. The first-order chi connectivity index (χ1) is 14.1. The minimum atomic E-state index is -3.74. The highest BCUT2D eigenvalue weighted by Gasteiger charge is 2.29. The van der Waals surface area contributed by atoms with Gasteiger partial charge in [-0.25, -0.2) is 8.42 Å². The molecule has 0 N–H and O–H groups in total. The van der Waals surface area contributed by atoms with Crippen LogP contribution in [-0.2, 0) is 10.0 Å². The first-order valence-corrected chi connectivity index (χ1v) is 13.0. The first kappa shape index (κ1) is 24.9. The Kier molecular flexibility index (Phi) is 8.55. The molecule has 1 heterocycles. The largest absolute Gasteiger partial charge is 0.363 e. The highest BCUT2D eigenvalue weighted by molar-refractivity contribution is 7.99. The molecule has 1 aromatic rings. The lowest BCUT2D eigenvalue weighted by molar-refractivity contribution is -0.384. The third-order valence-corrected chi connectivity index (χ3v) is 9.14. The molecule has 1 aromatic carbocycles. The van der Waals surface area contributed by atoms with Crippen LogP contribution in [0.3, 0.4) is 0 Å². The van der Waals surface area contributed by atoms with Gasteiger partial charge in [-0.3, -0.25) is 15.0 Å². The van der Waals surface area contributed by atoms with E-state index >= 15 is 0 Å². The Morgan fingerprint density at radius 2 is 1.77 bits per heavy atom. The zero-order valence-electron chi connectivity index (χ0n) is 18.6. The van der Waals surface area contributed by atoms with Gasteiger partial charge in [-0.2, -0.15) is 16.1 Å². The highest BCUT2D eigenvalue weighted by Crippen LogP contribution is 2.33. The summed E-state index contributed by atoms with van der Waals surface area (Å²) in [5, 5.41) is 11.7. The average molecular weight is 459 g/mol. The zero-order valence-corrected chi connectivity index (χ0v) is 20.3. The number of benzene rings is 1. The second-order valence-electron chi connectivity index (χ2n) is 8.04. The first-order valence-electron chi connectivity index (χ1n) is 10.4. The lowest BCUT2D eigenvalue weighted by Crippen LogP contribution is -2.47. The second-order valence-corrected chi connectivity index (χ2v) is 11.5. The smallest absolute Gasteiger partial charge is 0.293 e. The molecule has 0 aromatic heterocycles. The summed E-state index contributed by atoms with van der Waals surface area (Å²) in [5.74, 6) is 0. The van der Waals surface area contributed by atoms with E-state index in [0.717, 1.165) is 26.1 Å². The molecule has 8 nitrogen and oxygen atoms in total. The number of rotatable bonds is 10. The summed E-state index contributed by atoms with van der Waals surface area (Å²) in [5.41, 5.74) is 0.336. The molecule has 0 unspecified atom stereocenters. The Balaban J connectivity index is 2.16. The van der Waals surface area contributed by atoms with Crippen molar-refractivity contribution in [2.45, 2.75) is 43.8 Å². The number of nitro benzene ring substituents is 1. The van der Waals surface area contributed by atoms with Crippen molar-refractivity contribution >= 4 is 33.2 Å². The fourth-order valence-corrected chi connectivity index (χ4v) is 5.31. The Morgan fingerprint density at radius 3 is 2.27 bits per heavy atom. The van der Waals surface area contributed by atoms with Gasteiger partial charge in [0.25, 0.3) is 5.69 Å². The fourth-order valence-electron chi connectivity index (χ4n) is 3.53. The number of hydrogen-bond acceptors (Lipinski definition) is 7. The predicted molar refractivity (Wildman–Crippen MR) is 124 cm³/mol. The molecule has 0 aliphatic carbocycles. The van der Waals surface area contributed by atoms with E-state index in [1.165, 1.54) is 16.4 Å². The van der Waals surface area contributed by atoms with Gasteiger partial charge in [-0.05, 0) is 31.4 Å². The van der Waals surface area contributed by atoms with Crippen LogP contribution in [0.15, 0.2) is 23.1 Å². The second kappa shape index (κ2) is 10.3. The van der Waals surface area contributed by atoms with Crippen LogP contribution in [0.25, 0.3) is 0 Å². The van der Waals surface area contributed by atoms with Crippen LogP contribution in [0.1, 0.15) is 34.1 Å². The normalized spacial score (nSPS) is 16.3. The third-order valence-electron chi connectivity index (χ3n) is 5.78. The van der Waals surface area contributed by atoms with Gasteiger partial charge in [-0.15, -0.1) is 0 Å². The van der Waals surface area contributed by atoms with Gasteiger partial charge in [0, 0.05) is 50.1 Å². The van der Waals surface area contributed by atoms with Gasteiger partial charge in [0.05, 0.1) is 9.82 Å². The molecule has 1 aliphatic rings. The Labute approximate surface area is 184 Å². The Morgan fingerprint density at radius 1 is 1.17 bits per heavy atom. The monoisotopic (exact) mass is 458 g/mol. The van der Waals surface area contributed by atoms with Crippen LogP contribution in [0.2, 0.25) is 0 Å². The molecule has 1 aliphatic heterocycles. The van der Waals surface area contributed by atoms with E-state index in [9.17, 15) is 18.5 Å². The lowest BCUT2D eigenvalue weighted by Gasteiger charge is -2.37. The summed E-state index contributed by atoms with van der Waals surface area (Å²) < 4.78 is 27.1. The van der Waals surface area contributed by atoms with Crippen molar-refractivity contribution in [2.24, 2.45) is 0 Å². The maximum Gasteiger partial charge on any atom is 0.293 e. The summed E-state index contributed by atoms with van der Waals surface area (Å²) in [6.07, 6.45) is 3.22. The van der Waals surface area contributed by atoms with E-state index in [4.69, 9.17) is 0 Å². The number of piperazine rings is 1. The van der Waals surface area contributed by atoms with E-state index in [1.54, 1.807) is 19.9 Å². The number of anilines is 1. The molecule has 1 fully saturated rings. The number of nitro groups is 1. The zero-order chi connectivity index (χ0) is 22.5. The van der Waals surface area contributed by atoms with E-state index in [2.05, 4.69) is 25.0 Å². The molecule has 0 saturated carbocycles. The van der Waals surface area contributed by atoms with Crippen molar-refractivity contribution in [2.75, 3.05) is 57.0 Å². The van der Waals surface area contributed by atoms with Gasteiger partial charge in [0.15, 0.2) is 0 Å². The standard InChI is InChI=1S/C20H34N4O4S2/c1-6-23(7-2)30(27,28)17-8-9-18(19(16-17)24(25)26)22-14-12-21(13-15-22)11-10-20(3,4)29-5/h8-9,16H,6-7,10-15H2,1-5H3. The van der Waals surface area contributed by atoms with Crippen molar-refractivity contribution in [1.82, 2.24) is 9.21 Å². The summed E-state index contributed by atoms with van der Waals surface area (Å²) in [6, 6.07) is 4.28. The van der Waals surface area contributed by atoms with Crippen LogP contribution < -0.4 is 4.90 Å². The summed E-state index contributed by atoms with van der Waals surface area (Å²) in [6.45, 7) is 12.7. The van der Waals surface area contributed by atoms with E-state index < -0.39 is 14.9 Å². The van der Waals surface area contributed by atoms with Gasteiger partial charge in [0.1, 0.15) is 5.69 Å². The minimum absolute atomic E-state index is 0.0282. The van der Waals surface area contributed by atoms with Crippen LogP contribution >= 0.6 is 11.8 Å². The Hall–Kier alpha value is -1.36. The molecule has 0 spiro atoms. The molecule has 2 rings (SSSR count). The summed E-state index contributed by atoms with van der Waals surface area (Å²) >= 11 is 1.86. The SMILES string of the molecule is CCN(CC)S(=O)(=O)c1ccc(N2CCN(CCC(C)(C)SC)CC2)c([N+](=O)[O-])c1. The molecule has 0 atom stereocenters. The minimum Gasteiger partial charge on any atom is -0.363 e. The van der Waals surface area contributed by atoms with Crippen LogP contribution in [-0.4, -0.2) is 79.4 Å². The molecule has 0 radical (unpaired) electrons. The number of hydrogen-bond donors (Lipinski definition) is 0. The summed E-state index contributed by atoms with van der Waals surface area (Å²) in [7, 11) is -3.74. The molecule has 170 valence electrons. The topological polar surface area (TPSA) is 87.0 Å². The predicted octanol–water partition coefficient (Wildman–Crippen LogP) is 3.28. The average Bonchev–Trinajstić information content (AvgIpc) is 2.73. The molecule has 30 heavy (non-hydrogen) atoms. The molecular formula is C20H34N4O4S2. The van der Waals surface area contributed by atoms with Crippen LogP contribution in [0, 0.1) is 10.1 Å². The van der Waals surface area contributed by atoms with Gasteiger partial charge in [-0.1, -0.05) is 27.7 Å². The molecule has 0 bridgehead atoms. The molecule has 1 saturated heterocycles. The van der Waals surface area contributed by atoms with Gasteiger partial charge >= 0.3 is 0 Å². The van der Waals surface area contributed by atoms with Gasteiger partial charge < -0.3 is 4.90 Å². The van der Waals surface area contributed by atoms with Gasteiger partial charge in [0.2, 0.25) is 10.0 Å². The number of thioether (sulfide) groups is 1. The van der Waals surface area contributed by atoms with E-state index in [-0.39, 0.29) is 15.3 Å². The van der Waals surface area contributed by atoms with Crippen molar-refractivity contribution < 1.29 is 13.3 Å². The van der Waals surface area contributed by atoms with E-state index in [0.29, 0.717) is 31.9 Å². The number of sulfonamides is 1. The maximum atomic E-state index is 12.8. The van der Waals surface area contributed by atoms with Crippen molar-refractivity contribution in [3.05, 3.63) is 28.3 Å². The van der Waals surface area contributed by atoms with Crippen molar-refractivity contribution in [1.29, 1.82) is 0 Å². The molecule has 10 heteroatoms. The van der Waals surface area contributed by atoms with Crippen LogP contribution in [0.5, 0.6) is 0 Å². The summed E-state index contributed by atoms with van der Waals surface area (Å²) in [4.78, 5) is 15.6. The number of nitrogens with zero attached hydrogens (tertiary/aromatic N) is 4.